The maximum Gasteiger partial charge on any atom is 0.243 e. The van der Waals surface area contributed by atoms with Gasteiger partial charge >= 0.3 is 0 Å². The zero-order chi connectivity index (χ0) is 25.4. The Labute approximate surface area is 204 Å². The van der Waals surface area contributed by atoms with Crippen molar-refractivity contribution >= 4 is 23.5 Å². The Hall–Kier alpha value is -3.72. The lowest BCUT2D eigenvalue weighted by Gasteiger charge is -2.24. The van der Waals surface area contributed by atoms with Crippen LogP contribution in [0.2, 0.25) is 0 Å². The summed E-state index contributed by atoms with van der Waals surface area (Å²) in [6.45, 7) is 3.18. The summed E-state index contributed by atoms with van der Waals surface area (Å²) in [5.41, 5.74) is 1.68. The van der Waals surface area contributed by atoms with Crippen LogP contribution in [0.25, 0.3) is 0 Å². The van der Waals surface area contributed by atoms with Gasteiger partial charge in [0.05, 0.1) is 19.8 Å². The fraction of sp³-hybridized carbons (Fsp3) is 0.385. The van der Waals surface area contributed by atoms with E-state index in [1.54, 1.807) is 31.4 Å². The largest absolute Gasteiger partial charge is 0.497 e. The van der Waals surface area contributed by atoms with E-state index < -0.39 is 36.0 Å². The highest BCUT2D eigenvalue weighted by Gasteiger charge is 2.38. The van der Waals surface area contributed by atoms with Gasteiger partial charge in [0, 0.05) is 13.3 Å². The number of nitrogens with one attached hydrogen (secondary N) is 3. The van der Waals surface area contributed by atoms with Crippen LogP contribution in [0.5, 0.6) is 5.75 Å². The van der Waals surface area contributed by atoms with Crippen molar-refractivity contribution in [2.45, 2.75) is 50.9 Å². The molecule has 0 radical (unpaired) electrons. The number of ketones is 1. The molecule has 2 aromatic rings. The molecule has 0 saturated carbocycles. The third-order valence-corrected chi connectivity index (χ3v) is 5.64. The molecule has 1 aliphatic rings. The summed E-state index contributed by atoms with van der Waals surface area (Å²) in [4.78, 5) is 50.3. The number of rotatable bonds is 12. The van der Waals surface area contributed by atoms with E-state index in [0.29, 0.717) is 18.8 Å². The maximum absolute atomic E-state index is 13.4. The number of carbonyl (C=O) groups excluding carboxylic acids is 4. The molecule has 4 atom stereocenters. The van der Waals surface area contributed by atoms with E-state index >= 15 is 0 Å². The average Bonchev–Trinajstić information content (AvgIpc) is 3.69. The van der Waals surface area contributed by atoms with Crippen molar-refractivity contribution in [2.75, 3.05) is 13.7 Å². The Kier molecular flexibility index (Phi) is 8.97. The van der Waals surface area contributed by atoms with Crippen molar-refractivity contribution < 1.29 is 28.7 Å². The number of epoxide rings is 1. The molecule has 0 bridgehead atoms. The molecule has 1 aliphatic heterocycles. The molecular weight excluding hydrogens is 450 g/mol. The quantitative estimate of drug-likeness (QED) is 0.388. The van der Waals surface area contributed by atoms with E-state index in [9.17, 15) is 19.2 Å². The number of amides is 3. The van der Waals surface area contributed by atoms with Crippen LogP contribution in [0.3, 0.4) is 0 Å². The highest BCUT2D eigenvalue weighted by atomic mass is 16.6. The lowest BCUT2D eigenvalue weighted by molar-refractivity contribution is -0.133. The first kappa shape index (κ1) is 25.9. The molecule has 2 aromatic carbocycles. The van der Waals surface area contributed by atoms with Crippen LogP contribution >= 0.6 is 0 Å². The standard InChI is InChI=1S/C26H31N3O6/c1-16(27-17(2)30)25(32)29-22(14-19-9-11-20(34-3)12-10-19)26(33)28-21(24(31)23-15-35-23)13-18-7-5-4-6-8-18/h4-12,16,21-23H,13-15H2,1-3H3,(H,27,30)(H,28,33)(H,29,32)/t16-,21+,22+,23-/m1/s1. The molecule has 0 aromatic heterocycles. The molecule has 0 aliphatic carbocycles. The minimum atomic E-state index is -0.974. The molecule has 3 N–H and O–H groups in total. The Morgan fingerprint density at radius 2 is 1.46 bits per heavy atom. The molecule has 0 spiro atoms. The van der Waals surface area contributed by atoms with Crippen LogP contribution in [0.15, 0.2) is 54.6 Å². The van der Waals surface area contributed by atoms with Crippen LogP contribution < -0.4 is 20.7 Å². The summed E-state index contributed by atoms with van der Waals surface area (Å²) in [5, 5.41) is 8.04. The van der Waals surface area contributed by atoms with Crippen molar-refractivity contribution in [1.29, 1.82) is 0 Å². The fourth-order valence-electron chi connectivity index (χ4n) is 3.66. The predicted molar refractivity (Wildman–Crippen MR) is 129 cm³/mol. The van der Waals surface area contributed by atoms with Crippen LogP contribution in [-0.4, -0.2) is 61.5 Å². The molecule has 35 heavy (non-hydrogen) atoms. The Morgan fingerprint density at radius 1 is 0.886 bits per heavy atom. The van der Waals surface area contributed by atoms with E-state index in [1.807, 2.05) is 30.3 Å². The normalized spacial score (nSPS) is 16.8. The van der Waals surface area contributed by atoms with Crippen molar-refractivity contribution in [1.82, 2.24) is 16.0 Å². The molecular formula is C26H31N3O6. The van der Waals surface area contributed by atoms with Gasteiger partial charge in [-0.2, -0.15) is 0 Å². The van der Waals surface area contributed by atoms with Crippen molar-refractivity contribution in [3.05, 3.63) is 65.7 Å². The lowest BCUT2D eigenvalue weighted by Crippen LogP contribution is -2.56. The van der Waals surface area contributed by atoms with Crippen molar-refractivity contribution in [3.63, 3.8) is 0 Å². The number of ether oxygens (including phenoxy) is 2. The van der Waals surface area contributed by atoms with Gasteiger partial charge in [-0.3, -0.25) is 19.2 Å². The molecule has 0 unspecified atom stereocenters. The second-order valence-corrected chi connectivity index (χ2v) is 8.51. The number of hydrogen-bond donors (Lipinski definition) is 3. The molecule has 186 valence electrons. The molecule has 3 amide bonds. The third kappa shape index (κ3) is 7.92. The first-order chi connectivity index (χ1) is 16.8. The highest BCUT2D eigenvalue weighted by Crippen LogP contribution is 2.16. The molecule has 1 heterocycles. The summed E-state index contributed by atoms with van der Waals surface area (Å²) in [6, 6.07) is 13.9. The van der Waals surface area contributed by atoms with Crippen LogP contribution in [0, 0.1) is 0 Å². The maximum atomic E-state index is 13.4. The monoisotopic (exact) mass is 481 g/mol. The van der Waals surface area contributed by atoms with E-state index in [1.165, 1.54) is 13.8 Å². The van der Waals surface area contributed by atoms with Gasteiger partial charge in [0.2, 0.25) is 17.7 Å². The minimum Gasteiger partial charge on any atom is -0.497 e. The minimum absolute atomic E-state index is 0.181. The smallest absolute Gasteiger partial charge is 0.243 e. The number of carbonyl (C=O) groups is 4. The van der Waals surface area contributed by atoms with Gasteiger partial charge in [0.15, 0.2) is 5.78 Å². The Morgan fingerprint density at radius 3 is 2.03 bits per heavy atom. The predicted octanol–water partition coefficient (Wildman–Crippen LogP) is 0.943. The van der Waals surface area contributed by atoms with E-state index in [2.05, 4.69) is 16.0 Å². The average molecular weight is 482 g/mol. The van der Waals surface area contributed by atoms with E-state index in [-0.39, 0.29) is 18.1 Å². The summed E-state index contributed by atoms with van der Waals surface area (Å²) in [5.74, 6) is -0.912. The third-order valence-electron chi connectivity index (χ3n) is 5.64. The second kappa shape index (κ2) is 12.1. The number of methoxy groups -OCH3 is 1. The first-order valence-corrected chi connectivity index (χ1v) is 11.5. The summed E-state index contributed by atoms with van der Waals surface area (Å²) >= 11 is 0. The summed E-state index contributed by atoms with van der Waals surface area (Å²) in [6.07, 6.45) is -0.0458. The molecule has 9 heteroatoms. The Balaban J connectivity index is 1.78. The van der Waals surface area contributed by atoms with Gasteiger partial charge in [-0.1, -0.05) is 42.5 Å². The number of benzene rings is 2. The number of hydrogen-bond acceptors (Lipinski definition) is 6. The van der Waals surface area contributed by atoms with E-state index in [0.717, 1.165) is 11.1 Å². The molecule has 1 fully saturated rings. The van der Waals surface area contributed by atoms with Gasteiger partial charge in [0.25, 0.3) is 0 Å². The fourth-order valence-corrected chi connectivity index (χ4v) is 3.66. The van der Waals surface area contributed by atoms with Gasteiger partial charge in [-0.25, -0.2) is 0 Å². The van der Waals surface area contributed by atoms with Crippen LogP contribution in [-0.2, 0) is 36.8 Å². The number of Topliss-reactive ketones (excluding diaryl/α,β-unsaturated/α-hetero) is 1. The van der Waals surface area contributed by atoms with Gasteiger partial charge < -0.3 is 25.4 Å². The van der Waals surface area contributed by atoms with Gasteiger partial charge in [-0.15, -0.1) is 0 Å². The van der Waals surface area contributed by atoms with Crippen molar-refractivity contribution in [3.8, 4) is 5.75 Å². The second-order valence-electron chi connectivity index (χ2n) is 8.51. The zero-order valence-electron chi connectivity index (χ0n) is 20.1. The van der Waals surface area contributed by atoms with Crippen LogP contribution in [0.4, 0.5) is 0 Å². The molecule has 3 rings (SSSR count). The van der Waals surface area contributed by atoms with Gasteiger partial charge in [-0.05, 0) is 36.6 Å². The highest BCUT2D eigenvalue weighted by molar-refractivity contribution is 5.96. The lowest BCUT2D eigenvalue weighted by atomic mass is 9.99. The van der Waals surface area contributed by atoms with Crippen LogP contribution in [0.1, 0.15) is 25.0 Å². The first-order valence-electron chi connectivity index (χ1n) is 11.5. The van der Waals surface area contributed by atoms with E-state index in [4.69, 9.17) is 9.47 Å². The topological polar surface area (TPSA) is 126 Å². The summed E-state index contributed by atoms with van der Waals surface area (Å²) < 4.78 is 10.3. The SMILES string of the molecule is COc1ccc(C[C@H](NC(=O)[C@@H](C)NC(C)=O)C(=O)N[C@@H](Cc2ccccc2)C(=O)[C@H]2CO2)cc1. The Bertz CT molecular complexity index is 1040. The zero-order valence-corrected chi connectivity index (χ0v) is 20.1. The van der Waals surface area contributed by atoms with Gasteiger partial charge in [0.1, 0.15) is 23.9 Å². The summed E-state index contributed by atoms with van der Waals surface area (Å²) in [7, 11) is 1.56. The molecule has 1 saturated heterocycles. The van der Waals surface area contributed by atoms with Crippen molar-refractivity contribution in [2.24, 2.45) is 0 Å². The molecule has 9 nitrogen and oxygen atoms in total.